The molecule has 1 heterocycles. The molecule has 1 aliphatic rings. The molecule has 0 saturated carbocycles. The van der Waals surface area contributed by atoms with Gasteiger partial charge in [-0.15, -0.1) is 24.0 Å². The summed E-state index contributed by atoms with van der Waals surface area (Å²) in [4.78, 5) is 19.0. The lowest BCUT2D eigenvalue weighted by Crippen LogP contribution is -2.46. The Morgan fingerprint density at radius 1 is 1.03 bits per heavy atom. The minimum absolute atomic E-state index is 0. The molecule has 8 heteroatoms. The van der Waals surface area contributed by atoms with Crippen LogP contribution in [-0.4, -0.2) is 63.6 Å². The molecule has 7 nitrogen and oxygen atoms in total. The Labute approximate surface area is 214 Å². The number of nitrogens with zero attached hydrogens (tertiary/aromatic N) is 2. The highest BCUT2D eigenvalue weighted by atomic mass is 127. The zero-order valence-electron chi connectivity index (χ0n) is 19.5. The SMILES string of the molecule is CN=C(NCC(=O)NCCc1ccccc1)NCC(c1ccc(OC)cc1)N1CCCC1.I. The van der Waals surface area contributed by atoms with E-state index in [0.717, 1.165) is 25.3 Å². The first kappa shape index (κ1) is 26.9. The van der Waals surface area contributed by atoms with Crippen LogP contribution in [0.4, 0.5) is 0 Å². The zero-order valence-corrected chi connectivity index (χ0v) is 21.9. The predicted octanol–water partition coefficient (Wildman–Crippen LogP) is 2.97. The molecule has 1 atom stereocenters. The van der Waals surface area contributed by atoms with Crippen molar-refractivity contribution in [1.29, 1.82) is 0 Å². The van der Waals surface area contributed by atoms with E-state index in [4.69, 9.17) is 4.74 Å². The fourth-order valence-electron chi connectivity index (χ4n) is 3.97. The van der Waals surface area contributed by atoms with Gasteiger partial charge < -0.3 is 20.7 Å². The lowest BCUT2D eigenvalue weighted by Gasteiger charge is -2.29. The molecule has 180 valence electrons. The number of amides is 1. The minimum atomic E-state index is -0.0462. The number of rotatable bonds is 10. The average Bonchev–Trinajstić information content (AvgIpc) is 3.37. The molecular formula is C25H36IN5O2. The van der Waals surface area contributed by atoms with Crippen LogP contribution in [0.1, 0.15) is 30.0 Å². The topological polar surface area (TPSA) is 78.0 Å². The highest BCUT2D eigenvalue weighted by Crippen LogP contribution is 2.26. The van der Waals surface area contributed by atoms with E-state index in [1.54, 1.807) is 14.2 Å². The molecule has 3 N–H and O–H groups in total. The molecule has 1 saturated heterocycles. The van der Waals surface area contributed by atoms with Crippen molar-refractivity contribution >= 4 is 35.8 Å². The van der Waals surface area contributed by atoms with E-state index in [1.165, 1.54) is 24.0 Å². The predicted molar refractivity (Wildman–Crippen MR) is 144 cm³/mol. The molecule has 0 spiro atoms. The molecule has 33 heavy (non-hydrogen) atoms. The molecule has 2 aromatic rings. The molecule has 3 rings (SSSR count). The summed E-state index contributed by atoms with van der Waals surface area (Å²) in [5, 5.41) is 9.47. The van der Waals surface area contributed by atoms with E-state index >= 15 is 0 Å². The Balaban J connectivity index is 0.00000385. The van der Waals surface area contributed by atoms with Crippen LogP contribution in [0.5, 0.6) is 5.75 Å². The molecule has 1 fully saturated rings. The summed E-state index contributed by atoms with van der Waals surface area (Å²) < 4.78 is 5.30. The van der Waals surface area contributed by atoms with Crippen molar-refractivity contribution in [3.8, 4) is 5.75 Å². The van der Waals surface area contributed by atoms with Gasteiger partial charge in [0.1, 0.15) is 5.75 Å². The van der Waals surface area contributed by atoms with E-state index in [-0.39, 0.29) is 42.5 Å². The zero-order chi connectivity index (χ0) is 22.6. The number of hydrogen-bond acceptors (Lipinski definition) is 4. The minimum Gasteiger partial charge on any atom is -0.497 e. The van der Waals surface area contributed by atoms with Crippen LogP contribution in [-0.2, 0) is 11.2 Å². The van der Waals surface area contributed by atoms with Gasteiger partial charge in [-0.3, -0.25) is 14.7 Å². The van der Waals surface area contributed by atoms with Crippen LogP contribution in [0.3, 0.4) is 0 Å². The smallest absolute Gasteiger partial charge is 0.239 e. The van der Waals surface area contributed by atoms with Gasteiger partial charge in [-0.2, -0.15) is 0 Å². The third-order valence-electron chi connectivity index (χ3n) is 5.76. The van der Waals surface area contributed by atoms with Crippen molar-refractivity contribution in [3.05, 3.63) is 65.7 Å². The Bertz CT molecular complexity index is 855. The summed E-state index contributed by atoms with van der Waals surface area (Å²) in [7, 11) is 3.41. The maximum atomic E-state index is 12.2. The second-order valence-corrected chi connectivity index (χ2v) is 7.92. The van der Waals surface area contributed by atoms with E-state index in [9.17, 15) is 4.79 Å². The van der Waals surface area contributed by atoms with E-state index in [1.807, 2.05) is 30.3 Å². The van der Waals surface area contributed by atoms with Crippen molar-refractivity contribution in [2.24, 2.45) is 4.99 Å². The standard InChI is InChI=1S/C25H35N5O2.HI/c1-26-25(29-19-24(31)27-15-14-20-8-4-3-5-9-20)28-18-23(30-16-6-7-17-30)21-10-12-22(32-2)13-11-21;/h3-5,8-13,23H,6-7,14-19H2,1-2H3,(H,27,31)(H2,26,28,29);1H. The Hall–Kier alpha value is -2.33. The molecular weight excluding hydrogens is 529 g/mol. The monoisotopic (exact) mass is 565 g/mol. The van der Waals surface area contributed by atoms with E-state index in [2.05, 4.69) is 50.1 Å². The van der Waals surface area contributed by atoms with Gasteiger partial charge >= 0.3 is 0 Å². The van der Waals surface area contributed by atoms with Crippen molar-refractivity contribution in [2.45, 2.75) is 25.3 Å². The fourth-order valence-corrected chi connectivity index (χ4v) is 3.97. The summed E-state index contributed by atoms with van der Waals surface area (Å²) >= 11 is 0. The third kappa shape index (κ3) is 8.85. The average molecular weight is 566 g/mol. The number of ether oxygens (including phenoxy) is 1. The number of nitrogens with one attached hydrogen (secondary N) is 3. The lowest BCUT2D eigenvalue weighted by atomic mass is 10.1. The Morgan fingerprint density at radius 2 is 1.73 bits per heavy atom. The van der Waals surface area contributed by atoms with Crippen LogP contribution in [0.25, 0.3) is 0 Å². The summed E-state index contributed by atoms with van der Waals surface area (Å²) in [5.41, 5.74) is 2.46. The van der Waals surface area contributed by atoms with Crippen molar-refractivity contribution in [3.63, 3.8) is 0 Å². The van der Waals surface area contributed by atoms with Crippen LogP contribution < -0.4 is 20.7 Å². The quantitative estimate of drug-likeness (QED) is 0.235. The molecule has 1 amide bonds. The molecule has 1 unspecified atom stereocenters. The first-order chi connectivity index (χ1) is 15.7. The molecule has 2 aromatic carbocycles. The van der Waals surface area contributed by atoms with Crippen LogP contribution in [0, 0.1) is 0 Å². The molecule has 0 radical (unpaired) electrons. The Kier molecular flexibility index (Phi) is 12.0. The number of guanidine groups is 1. The van der Waals surface area contributed by atoms with Gasteiger partial charge in [0, 0.05) is 20.1 Å². The van der Waals surface area contributed by atoms with Crippen molar-refractivity contribution < 1.29 is 9.53 Å². The molecule has 0 bridgehead atoms. The van der Waals surface area contributed by atoms with Gasteiger partial charge in [0.05, 0.1) is 19.7 Å². The molecule has 0 aromatic heterocycles. The number of methoxy groups -OCH3 is 1. The largest absolute Gasteiger partial charge is 0.497 e. The van der Waals surface area contributed by atoms with Gasteiger partial charge in [0.15, 0.2) is 5.96 Å². The van der Waals surface area contributed by atoms with Crippen LogP contribution >= 0.6 is 24.0 Å². The van der Waals surface area contributed by atoms with Gasteiger partial charge in [0.25, 0.3) is 0 Å². The number of likely N-dealkylation sites (tertiary alicyclic amines) is 1. The van der Waals surface area contributed by atoms with Gasteiger partial charge in [-0.25, -0.2) is 0 Å². The maximum absolute atomic E-state index is 12.2. The number of aliphatic imine (C=N–C) groups is 1. The van der Waals surface area contributed by atoms with Crippen molar-refractivity contribution in [1.82, 2.24) is 20.9 Å². The first-order valence-electron chi connectivity index (χ1n) is 11.3. The molecule has 1 aliphatic heterocycles. The number of carbonyl (C=O) groups excluding carboxylic acids is 1. The Morgan fingerprint density at radius 3 is 2.36 bits per heavy atom. The van der Waals surface area contributed by atoms with Gasteiger partial charge in [0.2, 0.25) is 5.91 Å². The number of halogens is 1. The number of benzene rings is 2. The van der Waals surface area contributed by atoms with Crippen LogP contribution in [0.15, 0.2) is 59.6 Å². The van der Waals surface area contributed by atoms with Crippen LogP contribution in [0.2, 0.25) is 0 Å². The number of carbonyl (C=O) groups is 1. The van der Waals surface area contributed by atoms with E-state index in [0.29, 0.717) is 19.0 Å². The van der Waals surface area contributed by atoms with Crippen molar-refractivity contribution in [2.75, 3.05) is 46.9 Å². The summed E-state index contributed by atoms with van der Waals surface area (Å²) in [6.07, 6.45) is 3.27. The van der Waals surface area contributed by atoms with Gasteiger partial charge in [-0.05, 0) is 55.6 Å². The third-order valence-corrected chi connectivity index (χ3v) is 5.76. The normalized spacial score (nSPS) is 14.8. The first-order valence-corrected chi connectivity index (χ1v) is 11.3. The highest BCUT2D eigenvalue weighted by Gasteiger charge is 2.23. The maximum Gasteiger partial charge on any atom is 0.239 e. The van der Waals surface area contributed by atoms with E-state index < -0.39 is 0 Å². The highest BCUT2D eigenvalue weighted by molar-refractivity contribution is 14.0. The molecule has 0 aliphatic carbocycles. The summed E-state index contributed by atoms with van der Waals surface area (Å²) in [5.74, 6) is 1.44. The fraction of sp³-hybridized carbons (Fsp3) is 0.440. The summed E-state index contributed by atoms with van der Waals surface area (Å²) in [6, 6.07) is 18.6. The second-order valence-electron chi connectivity index (χ2n) is 7.92. The summed E-state index contributed by atoms with van der Waals surface area (Å²) in [6.45, 7) is 3.69. The van der Waals surface area contributed by atoms with Gasteiger partial charge in [-0.1, -0.05) is 42.5 Å². The lowest BCUT2D eigenvalue weighted by molar-refractivity contribution is -0.119. The number of hydrogen-bond donors (Lipinski definition) is 3. The second kappa shape index (κ2) is 14.7.